The van der Waals surface area contributed by atoms with Gasteiger partial charge in [0.2, 0.25) is 0 Å². The summed E-state index contributed by atoms with van der Waals surface area (Å²) in [5.74, 6) is 0. The highest BCUT2D eigenvalue weighted by atomic mass is 14.6. The number of aromatic nitrogens is 1. The standard InChI is InChI=1S/C9H8.C4H5N/c1-2-5-9-7-3-6-8(9)4-1;1-2-4-5-3-1/h1-6H,7H2;1-5H. The summed E-state index contributed by atoms with van der Waals surface area (Å²) in [4.78, 5) is 2.86. The first-order valence-corrected chi connectivity index (χ1v) is 4.79. The number of rotatable bonds is 0. The molecule has 70 valence electrons. The highest BCUT2D eigenvalue weighted by Gasteiger charge is 2.00. The molecular weight excluding hydrogens is 170 g/mol. The summed E-state index contributed by atoms with van der Waals surface area (Å²) < 4.78 is 0. The number of fused-ring (bicyclic) bond motifs is 1. The summed E-state index contributed by atoms with van der Waals surface area (Å²) >= 11 is 0. The first-order chi connectivity index (χ1) is 6.97. The topological polar surface area (TPSA) is 15.8 Å². The Morgan fingerprint density at radius 1 is 0.929 bits per heavy atom. The SMILES string of the molecule is C1=Cc2ccccc2C1.c1cc[nH]c1. The first-order valence-electron chi connectivity index (χ1n) is 4.79. The van der Waals surface area contributed by atoms with E-state index in [0.29, 0.717) is 0 Å². The van der Waals surface area contributed by atoms with Gasteiger partial charge in [-0.25, -0.2) is 0 Å². The molecule has 1 nitrogen and oxygen atoms in total. The molecule has 0 fully saturated rings. The normalized spacial score (nSPS) is 11.7. The maximum absolute atomic E-state index is 2.86. The van der Waals surface area contributed by atoms with E-state index in [-0.39, 0.29) is 0 Å². The second-order valence-electron chi connectivity index (χ2n) is 3.19. The Hall–Kier alpha value is -1.76. The molecule has 0 bridgehead atoms. The van der Waals surface area contributed by atoms with E-state index >= 15 is 0 Å². The van der Waals surface area contributed by atoms with Crippen molar-refractivity contribution >= 4 is 6.08 Å². The van der Waals surface area contributed by atoms with Crippen LogP contribution in [0.5, 0.6) is 0 Å². The molecule has 1 aliphatic carbocycles. The largest absolute Gasteiger partial charge is 0.368 e. The molecule has 0 saturated carbocycles. The molecule has 1 heterocycles. The van der Waals surface area contributed by atoms with Crippen LogP contribution in [0.2, 0.25) is 0 Å². The zero-order valence-electron chi connectivity index (χ0n) is 7.98. The second-order valence-corrected chi connectivity index (χ2v) is 3.19. The quantitative estimate of drug-likeness (QED) is 0.645. The number of hydrogen-bond donors (Lipinski definition) is 1. The van der Waals surface area contributed by atoms with E-state index in [1.807, 2.05) is 24.5 Å². The minimum atomic E-state index is 1.12. The van der Waals surface area contributed by atoms with Crippen molar-refractivity contribution in [2.75, 3.05) is 0 Å². The van der Waals surface area contributed by atoms with E-state index < -0.39 is 0 Å². The Balaban J connectivity index is 0.000000128. The van der Waals surface area contributed by atoms with Gasteiger partial charge in [0.15, 0.2) is 0 Å². The predicted octanol–water partition coefficient (Wildman–Crippen LogP) is 3.27. The third-order valence-electron chi connectivity index (χ3n) is 2.19. The van der Waals surface area contributed by atoms with Gasteiger partial charge in [0, 0.05) is 12.4 Å². The van der Waals surface area contributed by atoms with Gasteiger partial charge in [0.05, 0.1) is 0 Å². The van der Waals surface area contributed by atoms with Crippen LogP contribution in [-0.2, 0) is 6.42 Å². The van der Waals surface area contributed by atoms with Crippen molar-refractivity contribution in [3.8, 4) is 0 Å². The summed E-state index contributed by atoms with van der Waals surface area (Å²) in [6, 6.07) is 12.4. The fraction of sp³-hybridized carbons (Fsp3) is 0.0769. The lowest BCUT2D eigenvalue weighted by atomic mass is 10.1. The van der Waals surface area contributed by atoms with Gasteiger partial charge < -0.3 is 4.98 Å². The van der Waals surface area contributed by atoms with Gasteiger partial charge in [0.1, 0.15) is 0 Å². The molecule has 0 aliphatic heterocycles. The van der Waals surface area contributed by atoms with Gasteiger partial charge in [-0.1, -0.05) is 36.4 Å². The van der Waals surface area contributed by atoms with E-state index in [9.17, 15) is 0 Å². The molecule has 2 aromatic rings. The average molecular weight is 183 g/mol. The Labute approximate surface area is 84.1 Å². The van der Waals surface area contributed by atoms with Gasteiger partial charge in [-0.15, -0.1) is 0 Å². The zero-order chi connectivity index (χ0) is 9.64. The third-order valence-corrected chi connectivity index (χ3v) is 2.19. The summed E-state index contributed by atoms with van der Waals surface area (Å²) in [7, 11) is 0. The van der Waals surface area contributed by atoms with Crippen LogP contribution in [0, 0.1) is 0 Å². The van der Waals surface area contributed by atoms with Crippen molar-refractivity contribution in [2.45, 2.75) is 6.42 Å². The minimum Gasteiger partial charge on any atom is -0.368 e. The molecule has 0 atom stereocenters. The van der Waals surface area contributed by atoms with Gasteiger partial charge in [-0.05, 0) is 29.7 Å². The lowest BCUT2D eigenvalue weighted by Crippen LogP contribution is -1.76. The van der Waals surface area contributed by atoms with Gasteiger partial charge in [-0.2, -0.15) is 0 Å². The third kappa shape index (κ3) is 2.13. The molecule has 14 heavy (non-hydrogen) atoms. The van der Waals surface area contributed by atoms with Crippen molar-refractivity contribution in [1.29, 1.82) is 0 Å². The summed E-state index contributed by atoms with van der Waals surface area (Å²) in [5.41, 5.74) is 2.84. The highest BCUT2D eigenvalue weighted by molar-refractivity contribution is 5.59. The van der Waals surface area contributed by atoms with Crippen LogP contribution >= 0.6 is 0 Å². The van der Waals surface area contributed by atoms with E-state index in [1.165, 1.54) is 11.1 Å². The summed E-state index contributed by atoms with van der Waals surface area (Å²) in [5, 5.41) is 0. The molecule has 0 spiro atoms. The fourth-order valence-electron chi connectivity index (χ4n) is 1.47. The number of hydrogen-bond acceptors (Lipinski definition) is 0. The Bertz CT molecular complexity index is 382. The van der Waals surface area contributed by atoms with E-state index in [1.54, 1.807) is 0 Å². The summed E-state index contributed by atoms with van der Waals surface area (Å²) in [6.45, 7) is 0. The predicted molar refractivity (Wildman–Crippen MR) is 60.0 cm³/mol. The monoisotopic (exact) mass is 183 g/mol. The van der Waals surface area contributed by atoms with Crippen molar-refractivity contribution in [3.63, 3.8) is 0 Å². The molecule has 1 aliphatic rings. The number of benzene rings is 1. The smallest absolute Gasteiger partial charge is 0.000496 e. The van der Waals surface area contributed by atoms with E-state index in [0.717, 1.165) is 6.42 Å². The maximum Gasteiger partial charge on any atom is 0.000496 e. The molecule has 1 N–H and O–H groups in total. The van der Waals surface area contributed by atoms with Crippen LogP contribution < -0.4 is 0 Å². The van der Waals surface area contributed by atoms with Crippen molar-refractivity contribution in [3.05, 3.63) is 66.0 Å². The van der Waals surface area contributed by atoms with Crippen molar-refractivity contribution in [1.82, 2.24) is 4.98 Å². The van der Waals surface area contributed by atoms with Gasteiger partial charge >= 0.3 is 0 Å². The molecule has 0 amide bonds. The zero-order valence-corrected chi connectivity index (χ0v) is 7.98. The molecule has 1 aromatic heterocycles. The molecule has 0 radical (unpaired) electrons. The van der Waals surface area contributed by atoms with Crippen LogP contribution in [0.15, 0.2) is 54.9 Å². The van der Waals surface area contributed by atoms with Crippen molar-refractivity contribution in [2.24, 2.45) is 0 Å². The van der Waals surface area contributed by atoms with Crippen LogP contribution in [0.4, 0.5) is 0 Å². The van der Waals surface area contributed by atoms with Crippen LogP contribution in [0.1, 0.15) is 11.1 Å². The van der Waals surface area contributed by atoms with Crippen molar-refractivity contribution < 1.29 is 0 Å². The minimum absolute atomic E-state index is 1.12. The Morgan fingerprint density at radius 2 is 1.71 bits per heavy atom. The van der Waals surface area contributed by atoms with Crippen LogP contribution in [-0.4, -0.2) is 4.98 Å². The summed E-state index contributed by atoms with van der Waals surface area (Å²) in [6.07, 6.45) is 9.25. The van der Waals surface area contributed by atoms with E-state index in [2.05, 4.69) is 41.4 Å². The lowest BCUT2D eigenvalue weighted by molar-refractivity contribution is 1.31. The molecule has 3 rings (SSSR count). The molecule has 1 heteroatoms. The number of nitrogens with one attached hydrogen (secondary N) is 1. The number of allylic oxidation sites excluding steroid dienone is 1. The number of aromatic amines is 1. The molecule has 0 unspecified atom stereocenters. The number of H-pyrrole nitrogens is 1. The average Bonchev–Trinajstić information content (AvgIpc) is 2.92. The Kier molecular flexibility index (Phi) is 2.82. The fourth-order valence-corrected chi connectivity index (χ4v) is 1.47. The van der Waals surface area contributed by atoms with E-state index in [4.69, 9.17) is 0 Å². The molecule has 1 aromatic carbocycles. The molecular formula is C13H13N. The first kappa shape index (κ1) is 8.82. The van der Waals surface area contributed by atoms with Gasteiger partial charge in [0.25, 0.3) is 0 Å². The lowest BCUT2D eigenvalue weighted by Gasteiger charge is -1.93. The molecule has 0 saturated heterocycles. The van der Waals surface area contributed by atoms with Crippen LogP contribution in [0.25, 0.3) is 6.08 Å². The highest BCUT2D eigenvalue weighted by Crippen LogP contribution is 2.17. The maximum atomic E-state index is 2.86. The second kappa shape index (κ2) is 4.47. The Morgan fingerprint density at radius 3 is 2.36 bits per heavy atom. The van der Waals surface area contributed by atoms with Crippen LogP contribution in [0.3, 0.4) is 0 Å². The van der Waals surface area contributed by atoms with Gasteiger partial charge in [-0.3, -0.25) is 0 Å².